The molecule has 11 heavy (non-hydrogen) atoms. The lowest BCUT2D eigenvalue weighted by molar-refractivity contribution is -0.121. The molecule has 0 fully saturated rings. The summed E-state index contributed by atoms with van der Waals surface area (Å²) in [7, 11) is 1.84. The fourth-order valence-corrected chi connectivity index (χ4v) is 0.770. The van der Waals surface area contributed by atoms with Gasteiger partial charge in [0.05, 0.1) is 6.42 Å². The third-order valence-corrected chi connectivity index (χ3v) is 1.50. The van der Waals surface area contributed by atoms with E-state index < -0.39 is 0 Å². The first-order valence-electron chi connectivity index (χ1n) is 3.79. The van der Waals surface area contributed by atoms with Crippen LogP contribution in [0, 0.1) is 17.8 Å². The maximum atomic E-state index is 11.1. The summed E-state index contributed by atoms with van der Waals surface area (Å²) in [5.41, 5.74) is 0. The molecule has 0 aromatic heterocycles. The summed E-state index contributed by atoms with van der Waals surface area (Å²) in [4.78, 5) is 11.1. The zero-order chi connectivity index (χ0) is 8.69. The zero-order valence-corrected chi connectivity index (χ0v) is 7.40. The quantitative estimate of drug-likeness (QED) is 0.606. The summed E-state index contributed by atoms with van der Waals surface area (Å²) in [6.45, 7) is 4.40. The fourth-order valence-electron chi connectivity index (χ4n) is 0.770. The van der Waals surface area contributed by atoms with Crippen LogP contribution in [0.25, 0.3) is 0 Å². The number of Topliss-reactive ketones (excluding diaryl/α,β-unsaturated/α-hetero) is 1. The van der Waals surface area contributed by atoms with Gasteiger partial charge in [-0.05, 0) is 14.0 Å². The van der Waals surface area contributed by atoms with Crippen LogP contribution in [0.1, 0.15) is 20.3 Å². The third kappa shape index (κ3) is 4.58. The molecule has 2 nitrogen and oxygen atoms in total. The molecule has 1 N–H and O–H groups in total. The van der Waals surface area contributed by atoms with Crippen LogP contribution in [0.5, 0.6) is 0 Å². The van der Waals surface area contributed by atoms with Crippen LogP contribution in [0.3, 0.4) is 0 Å². The molecule has 0 aromatic rings. The molecule has 0 radical (unpaired) electrons. The predicted molar refractivity (Wildman–Crippen MR) is 46.2 cm³/mol. The second-order valence-electron chi connectivity index (χ2n) is 2.53. The van der Waals surface area contributed by atoms with Crippen LogP contribution in [-0.2, 0) is 4.79 Å². The standard InChI is InChI=1S/C9H15NO/c1-4-5-6-9(11)8(2)7-10-3/h8,10H,6-7H2,1-3H3. The van der Waals surface area contributed by atoms with E-state index in [4.69, 9.17) is 0 Å². The maximum absolute atomic E-state index is 11.1. The van der Waals surface area contributed by atoms with Crippen molar-refractivity contribution in [3.63, 3.8) is 0 Å². The third-order valence-electron chi connectivity index (χ3n) is 1.50. The van der Waals surface area contributed by atoms with Gasteiger partial charge < -0.3 is 5.32 Å². The van der Waals surface area contributed by atoms with Gasteiger partial charge in [0.2, 0.25) is 0 Å². The molecule has 1 atom stereocenters. The van der Waals surface area contributed by atoms with Crippen LogP contribution in [0.2, 0.25) is 0 Å². The van der Waals surface area contributed by atoms with E-state index in [0.29, 0.717) is 6.42 Å². The van der Waals surface area contributed by atoms with Crippen LogP contribution in [0.15, 0.2) is 0 Å². The molecule has 0 aliphatic rings. The number of hydrogen-bond acceptors (Lipinski definition) is 2. The summed E-state index contributed by atoms with van der Waals surface area (Å²) < 4.78 is 0. The molecule has 0 saturated carbocycles. The Morgan fingerprint density at radius 1 is 1.64 bits per heavy atom. The molecule has 0 aliphatic carbocycles. The number of rotatable bonds is 4. The average Bonchev–Trinajstić information content (AvgIpc) is 2.00. The van der Waals surface area contributed by atoms with Crippen molar-refractivity contribution in [2.75, 3.05) is 13.6 Å². The molecule has 1 unspecified atom stereocenters. The zero-order valence-electron chi connectivity index (χ0n) is 7.40. The Labute approximate surface area is 68.4 Å². The molecular formula is C9H15NO. The Kier molecular flexibility index (Phi) is 5.50. The van der Waals surface area contributed by atoms with Gasteiger partial charge >= 0.3 is 0 Å². The predicted octanol–water partition coefficient (Wildman–Crippen LogP) is 0.824. The first-order valence-corrected chi connectivity index (χ1v) is 3.79. The average molecular weight is 153 g/mol. The minimum absolute atomic E-state index is 0.0841. The molecule has 0 bridgehead atoms. The van der Waals surface area contributed by atoms with Crippen LogP contribution >= 0.6 is 0 Å². The van der Waals surface area contributed by atoms with Crippen LogP contribution < -0.4 is 5.32 Å². The smallest absolute Gasteiger partial charge is 0.148 e. The molecule has 2 heteroatoms. The number of nitrogens with one attached hydrogen (secondary N) is 1. The second-order valence-corrected chi connectivity index (χ2v) is 2.53. The van der Waals surface area contributed by atoms with Crippen molar-refractivity contribution >= 4 is 5.78 Å². The summed E-state index contributed by atoms with van der Waals surface area (Å²) in [6.07, 6.45) is 0.388. The van der Waals surface area contributed by atoms with E-state index in [1.165, 1.54) is 0 Å². The van der Waals surface area contributed by atoms with Crippen molar-refractivity contribution in [3.8, 4) is 11.8 Å². The summed E-state index contributed by atoms with van der Waals surface area (Å²) in [5, 5.41) is 2.96. The monoisotopic (exact) mass is 153 g/mol. The first-order chi connectivity index (χ1) is 5.22. The van der Waals surface area contributed by atoms with Crippen LogP contribution in [-0.4, -0.2) is 19.4 Å². The highest BCUT2D eigenvalue weighted by Gasteiger charge is 2.09. The lowest BCUT2D eigenvalue weighted by Crippen LogP contribution is -2.23. The Morgan fingerprint density at radius 2 is 2.27 bits per heavy atom. The Hall–Kier alpha value is -0.810. The van der Waals surface area contributed by atoms with Gasteiger partial charge in [-0.25, -0.2) is 0 Å². The van der Waals surface area contributed by atoms with E-state index in [2.05, 4.69) is 17.2 Å². The van der Waals surface area contributed by atoms with Crippen molar-refractivity contribution in [1.82, 2.24) is 5.32 Å². The van der Waals surface area contributed by atoms with E-state index in [0.717, 1.165) is 6.54 Å². The molecule has 0 amide bonds. The fraction of sp³-hybridized carbons (Fsp3) is 0.667. The lowest BCUT2D eigenvalue weighted by atomic mass is 10.0. The van der Waals surface area contributed by atoms with Gasteiger partial charge in [-0.3, -0.25) is 4.79 Å². The Bertz CT molecular complexity index is 176. The molecule has 0 saturated heterocycles. The second kappa shape index (κ2) is 5.94. The minimum Gasteiger partial charge on any atom is -0.319 e. The van der Waals surface area contributed by atoms with Gasteiger partial charge in [-0.1, -0.05) is 12.8 Å². The number of ketones is 1. The lowest BCUT2D eigenvalue weighted by Gasteiger charge is -2.05. The van der Waals surface area contributed by atoms with E-state index >= 15 is 0 Å². The van der Waals surface area contributed by atoms with E-state index in [1.54, 1.807) is 6.92 Å². The van der Waals surface area contributed by atoms with Gasteiger partial charge in [-0.2, -0.15) is 0 Å². The number of carbonyl (C=O) groups is 1. The van der Waals surface area contributed by atoms with Crippen molar-refractivity contribution in [2.45, 2.75) is 20.3 Å². The van der Waals surface area contributed by atoms with E-state index in [1.807, 2.05) is 14.0 Å². The highest BCUT2D eigenvalue weighted by atomic mass is 16.1. The summed E-state index contributed by atoms with van der Waals surface area (Å²) >= 11 is 0. The van der Waals surface area contributed by atoms with Gasteiger partial charge in [-0.15, -0.1) is 5.92 Å². The minimum atomic E-state index is 0.0841. The van der Waals surface area contributed by atoms with E-state index in [-0.39, 0.29) is 11.7 Å². The topological polar surface area (TPSA) is 29.1 Å². The van der Waals surface area contributed by atoms with Crippen LogP contribution in [0.4, 0.5) is 0 Å². The van der Waals surface area contributed by atoms with Gasteiger partial charge in [0.25, 0.3) is 0 Å². The first kappa shape index (κ1) is 10.2. The molecule has 0 spiro atoms. The largest absolute Gasteiger partial charge is 0.319 e. The summed E-state index contributed by atoms with van der Waals surface area (Å²) in [5.74, 6) is 5.76. The van der Waals surface area contributed by atoms with Gasteiger partial charge in [0.15, 0.2) is 0 Å². The normalized spacial score (nSPS) is 11.5. The highest BCUT2D eigenvalue weighted by molar-refractivity contribution is 5.83. The summed E-state index contributed by atoms with van der Waals surface area (Å²) in [6, 6.07) is 0. The van der Waals surface area contributed by atoms with Crippen molar-refractivity contribution in [1.29, 1.82) is 0 Å². The van der Waals surface area contributed by atoms with E-state index in [9.17, 15) is 4.79 Å². The molecule has 0 heterocycles. The molecule has 0 aromatic carbocycles. The molecule has 0 aliphatic heterocycles. The Balaban J connectivity index is 3.70. The van der Waals surface area contributed by atoms with Crippen molar-refractivity contribution < 1.29 is 4.79 Å². The Morgan fingerprint density at radius 3 is 2.73 bits per heavy atom. The number of hydrogen-bond donors (Lipinski definition) is 1. The van der Waals surface area contributed by atoms with Gasteiger partial charge in [0, 0.05) is 12.5 Å². The SMILES string of the molecule is CC#CCC(=O)C(C)CNC. The maximum Gasteiger partial charge on any atom is 0.148 e. The van der Waals surface area contributed by atoms with Crippen molar-refractivity contribution in [2.24, 2.45) is 5.92 Å². The molecule has 62 valence electrons. The van der Waals surface area contributed by atoms with Crippen molar-refractivity contribution in [3.05, 3.63) is 0 Å². The molecular weight excluding hydrogens is 138 g/mol. The highest BCUT2D eigenvalue weighted by Crippen LogP contribution is 1.97. The van der Waals surface area contributed by atoms with Gasteiger partial charge in [0.1, 0.15) is 5.78 Å². The molecule has 0 rings (SSSR count). The number of carbonyl (C=O) groups excluding carboxylic acids is 1.